The number of H-pyrrole nitrogens is 1. The van der Waals surface area contributed by atoms with Gasteiger partial charge in [0.05, 0.1) is 24.1 Å². The maximum absolute atomic E-state index is 14.3. The summed E-state index contributed by atoms with van der Waals surface area (Å²) in [6.45, 7) is 5.41. The zero-order valence-electron chi connectivity index (χ0n) is 16.3. The van der Waals surface area contributed by atoms with Crippen LogP contribution in [0.2, 0.25) is 0 Å². The number of hydrogen-bond acceptors (Lipinski definition) is 4. The molecule has 4 rings (SSSR count). The molecule has 1 fully saturated rings. The zero-order valence-corrected chi connectivity index (χ0v) is 16.3. The second-order valence-corrected chi connectivity index (χ2v) is 7.26. The third-order valence-corrected chi connectivity index (χ3v) is 5.29. The van der Waals surface area contributed by atoms with Crippen molar-refractivity contribution in [1.29, 1.82) is 0 Å². The third kappa shape index (κ3) is 3.93. The number of rotatable bonds is 5. The Bertz CT molecular complexity index is 930. The van der Waals surface area contributed by atoms with Gasteiger partial charge in [-0.3, -0.25) is 10.00 Å². The van der Waals surface area contributed by atoms with Gasteiger partial charge in [0.15, 0.2) is 0 Å². The Hall–Kier alpha value is -2.70. The number of aromatic nitrogens is 2. The molecular formula is C22H25FN4O. The molecule has 5 nitrogen and oxygen atoms in total. The highest BCUT2D eigenvalue weighted by atomic mass is 19.1. The molecule has 0 spiro atoms. The minimum absolute atomic E-state index is 0.336. The Kier molecular flexibility index (Phi) is 5.41. The summed E-state index contributed by atoms with van der Waals surface area (Å²) >= 11 is 0. The lowest BCUT2D eigenvalue weighted by molar-refractivity contribution is 0.148. The number of piperazine rings is 1. The van der Waals surface area contributed by atoms with Crippen molar-refractivity contribution in [3.8, 4) is 28.3 Å². The first-order valence-corrected chi connectivity index (χ1v) is 9.52. The SMILES string of the molecule is COc1cccc(F)c1-c1cc(-c2ccc(CN3CCN(C)CC3)cc2)n[nH]1. The Labute approximate surface area is 164 Å². The van der Waals surface area contributed by atoms with Gasteiger partial charge in [0.1, 0.15) is 11.6 Å². The topological polar surface area (TPSA) is 44.4 Å². The maximum atomic E-state index is 14.3. The molecular weight excluding hydrogens is 355 g/mol. The van der Waals surface area contributed by atoms with E-state index in [-0.39, 0.29) is 5.82 Å². The molecule has 1 aromatic heterocycles. The number of aromatic amines is 1. The molecule has 0 atom stereocenters. The van der Waals surface area contributed by atoms with Crippen LogP contribution in [0, 0.1) is 5.82 Å². The summed E-state index contributed by atoms with van der Waals surface area (Å²) in [5, 5.41) is 7.31. The largest absolute Gasteiger partial charge is 0.496 e. The number of likely N-dealkylation sites (N-methyl/N-ethyl adjacent to an activating group) is 1. The molecule has 1 N–H and O–H groups in total. The fourth-order valence-electron chi connectivity index (χ4n) is 3.58. The van der Waals surface area contributed by atoms with Gasteiger partial charge in [-0.05, 0) is 30.8 Å². The van der Waals surface area contributed by atoms with Crippen LogP contribution in [0.5, 0.6) is 5.75 Å². The second kappa shape index (κ2) is 8.12. The summed E-state index contributed by atoms with van der Waals surface area (Å²) in [6, 6.07) is 15.1. The number of benzene rings is 2. The first kappa shape index (κ1) is 18.7. The van der Waals surface area contributed by atoms with E-state index in [9.17, 15) is 4.39 Å². The molecule has 2 heterocycles. The van der Waals surface area contributed by atoms with Crippen LogP contribution in [0.3, 0.4) is 0 Å². The lowest BCUT2D eigenvalue weighted by Gasteiger charge is -2.32. The average molecular weight is 380 g/mol. The van der Waals surface area contributed by atoms with E-state index in [0.717, 1.165) is 44.0 Å². The summed E-state index contributed by atoms with van der Waals surface area (Å²) in [4.78, 5) is 4.84. The summed E-state index contributed by atoms with van der Waals surface area (Å²) in [7, 11) is 3.70. The normalized spacial score (nSPS) is 15.7. The van der Waals surface area contributed by atoms with E-state index in [1.54, 1.807) is 12.1 Å². The van der Waals surface area contributed by atoms with Crippen molar-refractivity contribution in [3.63, 3.8) is 0 Å². The van der Waals surface area contributed by atoms with Gasteiger partial charge in [-0.25, -0.2) is 4.39 Å². The van der Waals surface area contributed by atoms with Gasteiger partial charge in [0.2, 0.25) is 0 Å². The van der Waals surface area contributed by atoms with Crippen molar-refractivity contribution in [1.82, 2.24) is 20.0 Å². The molecule has 0 bridgehead atoms. The number of nitrogens with zero attached hydrogens (tertiary/aromatic N) is 3. The van der Waals surface area contributed by atoms with Gasteiger partial charge < -0.3 is 9.64 Å². The van der Waals surface area contributed by atoms with E-state index in [1.807, 2.05) is 6.07 Å². The van der Waals surface area contributed by atoms with Crippen LogP contribution in [0.1, 0.15) is 5.56 Å². The Morgan fingerprint density at radius 2 is 1.82 bits per heavy atom. The van der Waals surface area contributed by atoms with Gasteiger partial charge in [0.25, 0.3) is 0 Å². The van der Waals surface area contributed by atoms with Gasteiger partial charge in [-0.2, -0.15) is 5.10 Å². The van der Waals surface area contributed by atoms with E-state index < -0.39 is 0 Å². The molecule has 1 aliphatic heterocycles. The maximum Gasteiger partial charge on any atom is 0.136 e. The molecule has 0 aliphatic carbocycles. The molecule has 2 aromatic carbocycles. The lowest BCUT2D eigenvalue weighted by atomic mass is 10.1. The molecule has 146 valence electrons. The number of ether oxygens (including phenoxy) is 1. The van der Waals surface area contributed by atoms with Crippen LogP contribution in [0.15, 0.2) is 48.5 Å². The molecule has 0 saturated carbocycles. The highest BCUT2D eigenvalue weighted by Gasteiger charge is 2.16. The molecule has 3 aromatic rings. The number of hydrogen-bond donors (Lipinski definition) is 1. The molecule has 1 saturated heterocycles. The van der Waals surface area contributed by atoms with Crippen LogP contribution in [-0.2, 0) is 6.54 Å². The van der Waals surface area contributed by atoms with E-state index >= 15 is 0 Å². The molecule has 6 heteroatoms. The molecule has 1 aliphatic rings. The zero-order chi connectivity index (χ0) is 19.5. The Balaban J connectivity index is 1.50. The minimum Gasteiger partial charge on any atom is -0.496 e. The molecule has 0 radical (unpaired) electrons. The van der Waals surface area contributed by atoms with Crippen LogP contribution < -0.4 is 4.74 Å². The van der Waals surface area contributed by atoms with Gasteiger partial charge in [-0.15, -0.1) is 0 Å². The fraction of sp³-hybridized carbons (Fsp3) is 0.318. The first-order chi connectivity index (χ1) is 13.6. The first-order valence-electron chi connectivity index (χ1n) is 9.52. The van der Waals surface area contributed by atoms with Crippen LogP contribution in [0.25, 0.3) is 22.5 Å². The summed E-state index contributed by atoms with van der Waals surface area (Å²) in [5.41, 5.74) is 4.08. The second-order valence-electron chi connectivity index (χ2n) is 7.26. The van der Waals surface area contributed by atoms with Crippen molar-refractivity contribution >= 4 is 0 Å². The molecule has 0 unspecified atom stereocenters. The molecule has 0 amide bonds. The van der Waals surface area contributed by atoms with E-state index in [1.165, 1.54) is 18.7 Å². The minimum atomic E-state index is -0.336. The van der Waals surface area contributed by atoms with Crippen molar-refractivity contribution in [2.75, 3.05) is 40.3 Å². The summed E-state index contributed by atoms with van der Waals surface area (Å²) in [6.07, 6.45) is 0. The predicted molar refractivity (Wildman–Crippen MR) is 109 cm³/mol. The lowest BCUT2D eigenvalue weighted by Crippen LogP contribution is -2.43. The van der Waals surface area contributed by atoms with E-state index in [2.05, 4.69) is 51.3 Å². The Morgan fingerprint density at radius 3 is 2.54 bits per heavy atom. The molecule has 28 heavy (non-hydrogen) atoms. The standard InChI is InChI=1S/C22H25FN4O/c1-26-10-12-27(13-11-26)15-16-6-8-17(9-7-16)19-14-20(25-24-19)22-18(23)4-3-5-21(22)28-2/h3-9,14H,10-13,15H2,1-2H3,(H,24,25). The van der Waals surface area contributed by atoms with Crippen LogP contribution in [-0.4, -0.2) is 60.3 Å². The predicted octanol–water partition coefficient (Wildman–Crippen LogP) is 3.64. The highest BCUT2D eigenvalue weighted by Crippen LogP contribution is 2.33. The van der Waals surface area contributed by atoms with Crippen molar-refractivity contribution in [3.05, 3.63) is 59.9 Å². The fourth-order valence-corrected chi connectivity index (χ4v) is 3.58. The summed E-state index contributed by atoms with van der Waals surface area (Å²) < 4.78 is 19.6. The van der Waals surface area contributed by atoms with E-state index in [4.69, 9.17) is 4.74 Å². The number of methoxy groups -OCH3 is 1. The quantitative estimate of drug-likeness (QED) is 0.734. The van der Waals surface area contributed by atoms with Gasteiger partial charge in [-0.1, -0.05) is 30.3 Å². The number of halogens is 1. The van der Waals surface area contributed by atoms with Crippen molar-refractivity contribution in [2.24, 2.45) is 0 Å². The van der Waals surface area contributed by atoms with Crippen molar-refractivity contribution in [2.45, 2.75) is 6.54 Å². The van der Waals surface area contributed by atoms with Crippen molar-refractivity contribution < 1.29 is 9.13 Å². The third-order valence-electron chi connectivity index (χ3n) is 5.29. The number of nitrogens with one attached hydrogen (secondary N) is 1. The van der Waals surface area contributed by atoms with Gasteiger partial charge >= 0.3 is 0 Å². The summed E-state index contributed by atoms with van der Waals surface area (Å²) in [5.74, 6) is 0.148. The smallest absolute Gasteiger partial charge is 0.136 e. The van der Waals surface area contributed by atoms with Crippen LogP contribution in [0.4, 0.5) is 4.39 Å². The Morgan fingerprint density at radius 1 is 1.07 bits per heavy atom. The highest BCUT2D eigenvalue weighted by molar-refractivity contribution is 5.72. The van der Waals surface area contributed by atoms with E-state index in [0.29, 0.717) is 17.0 Å². The average Bonchev–Trinajstić information content (AvgIpc) is 3.19. The van der Waals surface area contributed by atoms with Gasteiger partial charge in [0, 0.05) is 38.3 Å². The monoisotopic (exact) mass is 380 g/mol. The van der Waals surface area contributed by atoms with Crippen LogP contribution >= 0.6 is 0 Å².